The minimum Gasteiger partial charge on any atom is -0.311 e. The van der Waals surface area contributed by atoms with Crippen molar-refractivity contribution in [3.8, 4) is 0 Å². The maximum atomic E-state index is 3.71. The highest BCUT2D eigenvalue weighted by Gasteiger charge is 2.38. The fourth-order valence-corrected chi connectivity index (χ4v) is 3.90. The molecule has 0 radical (unpaired) electrons. The van der Waals surface area contributed by atoms with Crippen molar-refractivity contribution in [2.75, 3.05) is 33.2 Å². The molecule has 1 aliphatic carbocycles. The summed E-state index contributed by atoms with van der Waals surface area (Å²) in [6.07, 6.45) is 7.06. The Labute approximate surface area is 99.2 Å². The van der Waals surface area contributed by atoms with Crippen LogP contribution in [0.4, 0.5) is 0 Å². The Morgan fingerprint density at radius 2 is 1.81 bits per heavy atom. The summed E-state index contributed by atoms with van der Waals surface area (Å²) in [5, 5.41) is 3.71. The van der Waals surface area contributed by atoms with Crippen LogP contribution in [-0.4, -0.2) is 61.2 Å². The molecule has 2 saturated heterocycles. The second-order valence-electron chi connectivity index (χ2n) is 5.83. The van der Waals surface area contributed by atoms with Gasteiger partial charge in [-0.25, -0.2) is 0 Å². The van der Waals surface area contributed by atoms with E-state index in [0.29, 0.717) is 0 Å². The SMILES string of the molecule is CN1CCC(N2CCN[C@@H]3CCC[C@H]32)CC1. The van der Waals surface area contributed by atoms with Crippen LogP contribution >= 0.6 is 0 Å². The summed E-state index contributed by atoms with van der Waals surface area (Å²) in [5.74, 6) is 0. The molecule has 0 aromatic heterocycles. The van der Waals surface area contributed by atoms with E-state index in [1.807, 2.05) is 0 Å². The van der Waals surface area contributed by atoms with Gasteiger partial charge in [0.1, 0.15) is 0 Å². The molecule has 0 unspecified atom stereocenters. The molecule has 3 aliphatic rings. The number of nitrogens with one attached hydrogen (secondary N) is 1. The number of likely N-dealkylation sites (tertiary alicyclic amines) is 1. The Morgan fingerprint density at radius 3 is 2.62 bits per heavy atom. The number of rotatable bonds is 1. The molecule has 92 valence electrons. The van der Waals surface area contributed by atoms with Crippen molar-refractivity contribution >= 4 is 0 Å². The number of hydrogen-bond donors (Lipinski definition) is 1. The van der Waals surface area contributed by atoms with Crippen LogP contribution in [0.1, 0.15) is 32.1 Å². The second-order valence-corrected chi connectivity index (χ2v) is 5.83. The fourth-order valence-electron chi connectivity index (χ4n) is 3.90. The summed E-state index contributed by atoms with van der Waals surface area (Å²) < 4.78 is 0. The van der Waals surface area contributed by atoms with E-state index in [2.05, 4.69) is 22.2 Å². The number of fused-ring (bicyclic) bond motifs is 1. The van der Waals surface area contributed by atoms with E-state index in [1.54, 1.807) is 0 Å². The number of piperazine rings is 1. The van der Waals surface area contributed by atoms with Crippen LogP contribution in [0.2, 0.25) is 0 Å². The van der Waals surface area contributed by atoms with Gasteiger partial charge in [-0.1, -0.05) is 6.42 Å². The van der Waals surface area contributed by atoms with E-state index < -0.39 is 0 Å². The van der Waals surface area contributed by atoms with Crippen LogP contribution in [0.5, 0.6) is 0 Å². The minimum atomic E-state index is 0.813. The van der Waals surface area contributed by atoms with E-state index >= 15 is 0 Å². The monoisotopic (exact) mass is 223 g/mol. The topological polar surface area (TPSA) is 18.5 Å². The molecule has 2 aliphatic heterocycles. The maximum Gasteiger partial charge on any atom is 0.0252 e. The van der Waals surface area contributed by atoms with Crippen molar-refractivity contribution in [3.05, 3.63) is 0 Å². The lowest BCUT2D eigenvalue weighted by Crippen LogP contribution is -2.59. The van der Waals surface area contributed by atoms with Crippen LogP contribution in [0, 0.1) is 0 Å². The molecule has 0 aromatic carbocycles. The molecule has 1 saturated carbocycles. The normalized spacial score (nSPS) is 38.8. The smallest absolute Gasteiger partial charge is 0.0252 e. The van der Waals surface area contributed by atoms with Gasteiger partial charge in [0.15, 0.2) is 0 Å². The lowest BCUT2D eigenvalue weighted by molar-refractivity contribution is 0.0518. The highest BCUT2D eigenvalue weighted by Crippen LogP contribution is 2.30. The van der Waals surface area contributed by atoms with Crippen molar-refractivity contribution < 1.29 is 0 Å². The Kier molecular flexibility index (Phi) is 3.18. The van der Waals surface area contributed by atoms with Gasteiger partial charge in [-0.2, -0.15) is 0 Å². The Balaban J connectivity index is 1.64. The summed E-state index contributed by atoms with van der Waals surface area (Å²) in [6.45, 7) is 5.10. The van der Waals surface area contributed by atoms with Gasteiger partial charge in [-0.3, -0.25) is 4.90 Å². The van der Waals surface area contributed by atoms with E-state index in [9.17, 15) is 0 Å². The minimum absolute atomic E-state index is 0.813. The van der Waals surface area contributed by atoms with Crippen LogP contribution < -0.4 is 5.32 Å². The zero-order valence-corrected chi connectivity index (χ0v) is 10.5. The Hall–Kier alpha value is -0.120. The first kappa shape index (κ1) is 11.0. The summed E-state index contributed by atoms with van der Waals surface area (Å²) in [6, 6.07) is 2.56. The third-order valence-corrected chi connectivity index (χ3v) is 4.84. The lowest BCUT2D eigenvalue weighted by Gasteiger charge is -2.45. The second kappa shape index (κ2) is 4.63. The van der Waals surface area contributed by atoms with Crippen molar-refractivity contribution in [1.29, 1.82) is 0 Å². The molecule has 0 aromatic rings. The largest absolute Gasteiger partial charge is 0.311 e. The van der Waals surface area contributed by atoms with Gasteiger partial charge >= 0.3 is 0 Å². The molecule has 3 fully saturated rings. The molecule has 3 rings (SSSR count). The molecule has 16 heavy (non-hydrogen) atoms. The van der Waals surface area contributed by atoms with Gasteiger partial charge < -0.3 is 10.2 Å². The number of nitrogens with zero attached hydrogens (tertiary/aromatic N) is 2. The van der Waals surface area contributed by atoms with E-state index in [0.717, 1.165) is 18.1 Å². The third kappa shape index (κ3) is 2.01. The molecule has 2 heterocycles. The molecule has 2 atom stereocenters. The van der Waals surface area contributed by atoms with Crippen LogP contribution in [0.3, 0.4) is 0 Å². The summed E-state index contributed by atoms with van der Waals surface area (Å²) >= 11 is 0. The molecule has 0 bridgehead atoms. The number of hydrogen-bond acceptors (Lipinski definition) is 3. The van der Waals surface area contributed by atoms with E-state index in [1.165, 1.54) is 58.3 Å². The van der Waals surface area contributed by atoms with Crippen LogP contribution in [-0.2, 0) is 0 Å². The van der Waals surface area contributed by atoms with E-state index in [4.69, 9.17) is 0 Å². The average Bonchev–Trinajstić information content (AvgIpc) is 2.78. The van der Waals surface area contributed by atoms with Crippen LogP contribution in [0.25, 0.3) is 0 Å². The molecular weight excluding hydrogens is 198 g/mol. The summed E-state index contributed by atoms with van der Waals surface area (Å²) in [7, 11) is 2.26. The van der Waals surface area contributed by atoms with Crippen molar-refractivity contribution in [2.24, 2.45) is 0 Å². The van der Waals surface area contributed by atoms with E-state index in [-0.39, 0.29) is 0 Å². The zero-order valence-electron chi connectivity index (χ0n) is 10.5. The summed E-state index contributed by atoms with van der Waals surface area (Å²) in [5.41, 5.74) is 0. The third-order valence-electron chi connectivity index (χ3n) is 4.84. The first-order valence-corrected chi connectivity index (χ1v) is 7.02. The predicted octanol–water partition coefficient (Wildman–Crippen LogP) is 0.907. The highest BCUT2D eigenvalue weighted by molar-refractivity contribution is 4.97. The van der Waals surface area contributed by atoms with Gasteiger partial charge in [-0.05, 0) is 45.8 Å². The molecule has 3 nitrogen and oxygen atoms in total. The average molecular weight is 223 g/mol. The first-order valence-electron chi connectivity index (χ1n) is 7.02. The van der Waals surface area contributed by atoms with Gasteiger partial charge in [0.25, 0.3) is 0 Å². The Morgan fingerprint density at radius 1 is 1.00 bits per heavy atom. The quantitative estimate of drug-likeness (QED) is 0.713. The molecule has 1 N–H and O–H groups in total. The summed E-state index contributed by atoms with van der Waals surface area (Å²) in [4.78, 5) is 5.33. The standard InChI is InChI=1S/C13H25N3/c1-15-8-5-11(6-9-15)16-10-7-14-12-3-2-4-13(12)16/h11-14H,2-10H2,1H3/t12-,13-/m1/s1. The first-order chi connectivity index (χ1) is 7.84. The molecule has 0 amide bonds. The predicted molar refractivity (Wildman–Crippen MR) is 66.7 cm³/mol. The maximum absolute atomic E-state index is 3.71. The molecule has 3 heteroatoms. The highest BCUT2D eigenvalue weighted by atomic mass is 15.3. The molecule has 0 spiro atoms. The number of piperidine rings is 1. The zero-order chi connectivity index (χ0) is 11.0. The van der Waals surface area contributed by atoms with Crippen molar-refractivity contribution in [3.63, 3.8) is 0 Å². The molecular formula is C13H25N3. The Bertz CT molecular complexity index is 235. The fraction of sp³-hybridized carbons (Fsp3) is 1.00. The lowest BCUT2D eigenvalue weighted by atomic mass is 9.98. The van der Waals surface area contributed by atoms with Gasteiger partial charge in [0.05, 0.1) is 0 Å². The van der Waals surface area contributed by atoms with Crippen LogP contribution in [0.15, 0.2) is 0 Å². The van der Waals surface area contributed by atoms with Crippen molar-refractivity contribution in [2.45, 2.75) is 50.2 Å². The van der Waals surface area contributed by atoms with Gasteiger partial charge in [-0.15, -0.1) is 0 Å². The van der Waals surface area contributed by atoms with Gasteiger partial charge in [0.2, 0.25) is 0 Å². The van der Waals surface area contributed by atoms with Gasteiger partial charge in [0, 0.05) is 31.2 Å². The van der Waals surface area contributed by atoms with Crippen molar-refractivity contribution in [1.82, 2.24) is 15.1 Å².